The van der Waals surface area contributed by atoms with E-state index in [1.807, 2.05) is 17.5 Å². The first kappa shape index (κ1) is 13.7. The Morgan fingerprint density at radius 2 is 2.00 bits per heavy atom. The Bertz CT molecular complexity index is 359. The maximum Gasteiger partial charge on any atom is 0.314 e. The first-order valence-corrected chi connectivity index (χ1v) is 6.42. The normalized spacial score (nSPS) is 11.9. The molecule has 1 atom stereocenters. The van der Waals surface area contributed by atoms with Gasteiger partial charge >= 0.3 is 11.9 Å². The molecule has 0 aliphatic rings. The van der Waals surface area contributed by atoms with Gasteiger partial charge in [0.05, 0.1) is 19.6 Å². The van der Waals surface area contributed by atoms with Gasteiger partial charge in [0, 0.05) is 4.88 Å². The number of thiophene rings is 1. The Hall–Kier alpha value is -1.36. The first-order chi connectivity index (χ1) is 8.19. The van der Waals surface area contributed by atoms with Crippen LogP contribution < -0.4 is 0 Å². The van der Waals surface area contributed by atoms with E-state index in [1.165, 1.54) is 11.3 Å². The van der Waals surface area contributed by atoms with E-state index in [9.17, 15) is 9.59 Å². The van der Waals surface area contributed by atoms with Crippen LogP contribution in [0.3, 0.4) is 0 Å². The quantitative estimate of drug-likeness (QED) is 0.733. The highest BCUT2D eigenvalue weighted by Gasteiger charge is 2.26. The zero-order valence-electron chi connectivity index (χ0n) is 9.97. The summed E-state index contributed by atoms with van der Waals surface area (Å²) in [7, 11) is 0. The molecule has 0 saturated heterocycles. The van der Waals surface area contributed by atoms with Crippen LogP contribution in [0, 0.1) is 0 Å². The summed E-state index contributed by atoms with van der Waals surface area (Å²) in [4.78, 5) is 24.0. The van der Waals surface area contributed by atoms with Gasteiger partial charge in [-0.05, 0) is 25.3 Å². The molecule has 1 aromatic heterocycles. The molecular weight excluding hydrogens is 240 g/mol. The molecule has 0 bridgehead atoms. The summed E-state index contributed by atoms with van der Waals surface area (Å²) in [5, 5.41) is 1.87. The highest BCUT2D eigenvalue weighted by atomic mass is 32.1. The topological polar surface area (TPSA) is 52.6 Å². The summed E-state index contributed by atoms with van der Waals surface area (Å²) in [6.45, 7) is 4.11. The smallest absolute Gasteiger partial charge is 0.314 e. The molecule has 0 N–H and O–H groups in total. The van der Waals surface area contributed by atoms with Crippen molar-refractivity contribution in [3.8, 4) is 0 Å². The van der Waals surface area contributed by atoms with Gasteiger partial charge in [-0.25, -0.2) is 0 Å². The summed E-state index contributed by atoms with van der Waals surface area (Å²) < 4.78 is 9.82. The Kier molecular flexibility index (Phi) is 5.69. The van der Waals surface area contributed by atoms with E-state index in [1.54, 1.807) is 13.8 Å². The van der Waals surface area contributed by atoms with Crippen LogP contribution in [0.5, 0.6) is 0 Å². The van der Waals surface area contributed by atoms with Crippen molar-refractivity contribution < 1.29 is 19.1 Å². The maximum absolute atomic E-state index is 11.8. The zero-order chi connectivity index (χ0) is 12.7. The molecule has 0 aliphatic carbocycles. The molecule has 1 heterocycles. The van der Waals surface area contributed by atoms with Crippen molar-refractivity contribution >= 4 is 23.3 Å². The van der Waals surface area contributed by atoms with Gasteiger partial charge in [0.2, 0.25) is 0 Å². The number of ether oxygens (including phenoxy) is 2. The van der Waals surface area contributed by atoms with Crippen LogP contribution in [0.15, 0.2) is 17.5 Å². The van der Waals surface area contributed by atoms with Gasteiger partial charge in [0.15, 0.2) is 0 Å². The highest BCUT2D eigenvalue weighted by molar-refractivity contribution is 7.10. The average Bonchev–Trinajstić information content (AvgIpc) is 2.79. The van der Waals surface area contributed by atoms with E-state index in [2.05, 4.69) is 0 Å². The number of carbonyl (C=O) groups excluding carboxylic acids is 2. The molecule has 17 heavy (non-hydrogen) atoms. The van der Waals surface area contributed by atoms with E-state index < -0.39 is 5.92 Å². The van der Waals surface area contributed by atoms with Gasteiger partial charge in [-0.15, -0.1) is 11.3 Å². The fourth-order valence-electron chi connectivity index (χ4n) is 1.42. The molecule has 0 radical (unpaired) electrons. The molecule has 0 spiro atoms. The second-order valence-electron chi connectivity index (χ2n) is 3.33. The minimum Gasteiger partial charge on any atom is -0.466 e. The summed E-state index contributed by atoms with van der Waals surface area (Å²) in [5.74, 6) is -1.30. The SMILES string of the molecule is CCOC(=O)CC(C(=O)OCC)c1cccs1. The lowest BCUT2D eigenvalue weighted by molar-refractivity contribution is -0.151. The van der Waals surface area contributed by atoms with Crippen molar-refractivity contribution in [1.82, 2.24) is 0 Å². The second kappa shape index (κ2) is 7.06. The van der Waals surface area contributed by atoms with Crippen LogP contribution in [0.25, 0.3) is 0 Å². The number of rotatable bonds is 6. The van der Waals surface area contributed by atoms with Crippen LogP contribution in [0.2, 0.25) is 0 Å². The largest absolute Gasteiger partial charge is 0.466 e. The summed E-state index contributed by atoms with van der Waals surface area (Å²) >= 11 is 1.44. The van der Waals surface area contributed by atoms with E-state index >= 15 is 0 Å². The van der Waals surface area contributed by atoms with Gasteiger partial charge in [-0.1, -0.05) is 6.07 Å². The van der Waals surface area contributed by atoms with Crippen LogP contribution in [-0.4, -0.2) is 25.2 Å². The molecule has 0 aromatic carbocycles. The molecule has 94 valence electrons. The van der Waals surface area contributed by atoms with Crippen molar-refractivity contribution in [2.45, 2.75) is 26.2 Å². The predicted octanol–water partition coefficient (Wildman–Crippen LogP) is 2.35. The minimum absolute atomic E-state index is 0.0349. The molecule has 0 aliphatic heterocycles. The summed E-state index contributed by atoms with van der Waals surface area (Å²) in [5.41, 5.74) is 0. The van der Waals surface area contributed by atoms with Crippen LogP contribution in [0.4, 0.5) is 0 Å². The van der Waals surface area contributed by atoms with Crippen molar-refractivity contribution in [1.29, 1.82) is 0 Å². The molecule has 0 fully saturated rings. The monoisotopic (exact) mass is 256 g/mol. The van der Waals surface area contributed by atoms with Crippen molar-refractivity contribution in [3.05, 3.63) is 22.4 Å². The van der Waals surface area contributed by atoms with Crippen molar-refractivity contribution in [2.24, 2.45) is 0 Å². The zero-order valence-corrected chi connectivity index (χ0v) is 10.8. The molecule has 0 saturated carbocycles. The minimum atomic E-state index is -0.547. The number of hydrogen-bond donors (Lipinski definition) is 0. The van der Waals surface area contributed by atoms with E-state index in [-0.39, 0.29) is 18.4 Å². The van der Waals surface area contributed by atoms with Crippen molar-refractivity contribution in [3.63, 3.8) is 0 Å². The van der Waals surface area contributed by atoms with E-state index in [0.29, 0.717) is 13.2 Å². The van der Waals surface area contributed by atoms with Gasteiger partial charge in [-0.2, -0.15) is 0 Å². The fourth-order valence-corrected chi connectivity index (χ4v) is 2.23. The van der Waals surface area contributed by atoms with Crippen LogP contribution in [0.1, 0.15) is 31.1 Å². The summed E-state index contributed by atoms with van der Waals surface area (Å²) in [6, 6.07) is 3.67. The molecule has 5 heteroatoms. The average molecular weight is 256 g/mol. The van der Waals surface area contributed by atoms with Gasteiger partial charge < -0.3 is 9.47 Å². The Labute approximate surface area is 105 Å². The third-order valence-electron chi connectivity index (χ3n) is 2.13. The standard InChI is InChI=1S/C12H16O4S/c1-3-15-11(13)8-9(12(14)16-4-2)10-6-5-7-17-10/h5-7,9H,3-4,8H2,1-2H3. The molecule has 1 aromatic rings. The first-order valence-electron chi connectivity index (χ1n) is 5.54. The second-order valence-corrected chi connectivity index (χ2v) is 4.31. The Balaban J connectivity index is 2.73. The Morgan fingerprint density at radius 1 is 1.29 bits per heavy atom. The molecule has 1 unspecified atom stereocenters. The number of carbonyl (C=O) groups is 2. The molecule has 0 amide bonds. The number of hydrogen-bond acceptors (Lipinski definition) is 5. The van der Waals surface area contributed by atoms with Crippen LogP contribution in [-0.2, 0) is 19.1 Å². The number of esters is 2. The van der Waals surface area contributed by atoms with Crippen molar-refractivity contribution in [2.75, 3.05) is 13.2 Å². The van der Waals surface area contributed by atoms with Gasteiger partial charge in [0.1, 0.15) is 5.92 Å². The third kappa shape index (κ3) is 4.19. The van der Waals surface area contributed by atoms with Gasteiger partial charge in [0.25, 0.3) is 0 Å². The van der Waals surface area contributed by atoms with E-state index in [4.69, 9.17) is 9.47 Å². The maximum atomic E-state index is 11.8. The highest BCUT2D eigenvalue weighted by Crippen LogP contribution is 2.26. The molecular formula is C12H16O4S. The Morgan fingerprint density at radius 3 is 2.53 bits per heavy atom. The summed E-state index contributed by atoms with van der Waals surface area (Å²) in [6.07, 6.45) is 0.0349. The predicted molar refractivity (Wildman–Crippen MR) is 64.9 cm³/mol. The lowest BCUT2D eigenvalue weighted by Crippen LogP contribution is -2.19. The lowest BCUT2D eigenvalue weighted by Gasteiger charge is -2.13. The van der Waals surface area contributed by atoms with Crippen LogP contribution >= 0.6 is 11.3 Å². The molecule has 1 rings (SSSR count). The lowest BCUT2D eigenvalue weighted by atomic mass is 10.0. The molecule has 4 nitrogen and oxygen atoms in total. The van der Waals surface area contributed by atoms with Gasteiger partial charge in [-0.3, -0.25) is 9.59 Å². The van der Waals surface area contributed by atoms with E-state index in [0.717, 1.165) is 4.88 Å². The third-order valence-corrected chi connectivity index (χ3v) is 3.12. The fraction of sp³-hybridized carbons (Fsp3) is 0.500.